The van der Waals surface area contributed by atoms with Crippen LogP contribution in [0.4, 0.5) is 0 Å². The van der Waals surface area contributed by atoms with Crippen LogP contribution in [0.15, 0.2) is 42.5 Å². The Morgan fingerprint density at radius 2 is 1.67 bits per heavy atom. The molecule has 0 amide bonds. The van der Waals surface area contributed by atoms with Crippen molar-refractivity contribution < 1.29 is 9.47 Å². The highest BCUT2D eigenvalue weighted by atomic mass is 16.5. The van der Waals surface area contributed by atoms with E-state index in [9.17, 15) is 0 Å². The fourth-order valence-corrected chi connectivity index (χ4v) is 2.46. The lowest BCUT2D eigenvalue weighted by Gasteiger charge is -2.28. The third kappa shape index (κ3) is 3.03. The number of methoxy groups -OCH3 is 2. The maximum Gasteiger partial charge on any atom is 0.124 e. The smallest absolute Gasteiger partial charge is 0.124 e. The summed E-state index contributed by atoms with van der Waals surface area (Å²) in [5, 5.41) is 0. The van der Waals surface area contributed by atoms with Crippen LogP contribution in [-0.4, -0.2) is 14.2 Å². The Labute approximate surface area is 126 Å². The van der Waals surface area contributed by atoms with Gasteiger partial charge in [-0.25, -0.2) is 0 Å². The normalized spacial score (nSPS) is 13.6. The first-order valence-corrected chi connectivity index (χ1v) is 7.13. The topological polar surface area (TPSA) is 44.5 Å². The van der Waals surface area contributed by atoms with Crippen LogP contribution in [0.25, 0.3) is 0 Å². The number of hydrogen-bond donors (Lipinski definition) is 1. The average Bonchev–Trinajstić information content (AvgIpc) is 2.54. The predicted molar refractivity (Wildman–Crippen MR) is 86.0 cm³/mol. The maximum absolute atomic E-state index is 6.62. The highest BCUT2D eigenvalue weighted by Gasteiger charge is 2.27. The van der Waals surface area contributed by atoms with E-state index in [1.54, 1.807) is 14.2 Å². The molecule has 0 aromatic heterocycles. The van der Waals surface area contributed by atoms with E-state index in [1.807, 2.05) is 25.1 Å². The molecule has 21 heavy (non-hydrogen) atoms. The Bertz CT molecular complexity index is 603. The first kappa shape index (κ1) is 15.4. The molecular weight excluding hydrogens is 262 g/mol. The first-order valence-electron chi connectivity index (χ1n) is 7.13. The first-order chi connectivity index (χ1) is 10.0. The molecular formula is C18H23NO2. The van der Waals surface area contributed by atoms with Gasteiger partial charge < -0.3 is 15.2 Å². The van der Waals surface area contributed by atoms with Crippen LogP contribution in [0.3, 0.4) is 0 Å². The Balaban J connectivity index is 2.50. The Morgan fingerprint density at radius 1 is 1.00 bits per heavy atom. The molecule has 0 radical (unpaired) electrons. The third-order valence-corrected chi connectivity index (χ3v) is 3.93. The van der Waals surface area contributed by atoms with E-state index >= 15 is 0 Å². The molecule has 0 saturated heterocycles. The van der Waals surface area contributed by atoms with Crippen LogP contribution in [0.2, 0.25) is 0 Å². The second-order valence-electron chi connectivity index (χ2n) is 5.32. The van der Waals surface area contributed by atoms with Crippen molar-refractivity contribution in [2.45, 2.75) is 25.8 Å². The second-order valence-corrected chi connectivity index (χ2v) is 5.32. The molecule has 1 atom stereocenters. The molecule has 0 heterocycles. The highest BCUT2D eigenvalue weighted by Crippen LogP contribution is 2.35. The van der Waals surface area contributed by atoms with Gasteiger partial charge in [0.1, 0.15) is 11.5 Å². The number of hydrogen-bond acceptors (Lipinski definition) is 3. The molecule has 3 nitrogen and oxygen atoms in total. The van der Waals surface area contributed by atoms with Gasteiger partial charge in [-0.05, 0) is 42.7 Å². The summed E-state index contributed by atoms with van der Waals surface area (Å²) < 4.78 is 10.8. The molecule has 0 bridgehead atoms. The van der Waals surface area contributed by atoms with E-state index in [4.69, 9.17) is 15.2 Å². The van der Waals surface area contributed by atoms with Gasteiger partial charge >= 0.3 is 0 Å². The lowest BCUT2D eigenvalue weighted by atomic mass is 9.84. The zero-order chi connectivity index (χ0) is 15.5. The van der Waals surface area contributed by atoms with Crippen molar-refractivity contribution in [2.24, 2.45) is 5.73 Å². The molecule has 2 aromatic rings. The molecule has 0 saturated carbocycles. The van der Waals surface area contributed by atoms with Gasteiger partial charge in [0.2, 0.25) is 0 Å². The molecule has 0 fully saturated rings. The summed E-state index contributed by atoms with van der Waals surface area (Å²) in [6.45, 7) is 4.13. The Kier molecular flexibility index (Phi) is 4.53. The molecule has 0 aliphatic carbocycles. The van der Waals surface area contributed by atoms with Gasteiger partial charge in [-0.15, -0.1) is 0 Å². The van der Waals surface area contributed by atoms with Crippen LogP contribution < -0.4 is 15.2 Å². The summed E-state index contributed by atoms with van der Waals surface area (Å²) in [5.41, 5.74) is 9.23. The highest BCUT2D eigenvalue weighted by molar-refractivity contribution is 5.49. The zero-order valence-corrected chi connectivity index (χ0v) is 13.1. The Hall–Kier alpha value is -2.00. The molecule has 2 N–H and O–H groups in total. The quantitative estimate of drug-likeness (QED) is 0.914. The lowest BCUT2D eigenvalue weighted by molar-refractivity contribution is 0.389. The van der Waals surface area contributed by atoms with Crippen LogP contribution >= 0.6 is 0 Å². The van der Waals surface area contributed by atoms with Gasteiger partial charge in [0, 0.05) is 5.56 Å². The van der Waals surface area contributed by atoms with Gasteiger partial charge in [-0.3, -0.25) is 0 Å². The number of rotatable bonds is 5. The summed E-state index contributed by atoms with van der Waals surface area (Å²) in [6, 6.07) is 14.1. The van der Waals surface area contributed by atoms with Gasteiger partial charge in [-0.1, -0.05) is 31.2 Å². The van der Waals surface area contributed by atoms with Crippen molar-refractivity contribution in [3.05, 3.63) is 59.2 Å². The molecule has 2 aromatic carbocycles. The van der Waals surface area contributed by atoms with E-state index in [-0.39, 0.29) is 0 Å². The Morgan fingerprint density at radius 3 is 2.19 bits per heavy atom. The standard InChI is InChI=1S/C18H23NO2/c1-5-13-6-8-14(9-7-13)18(2,19)16-12-15(20-3)10-11-17(16)21-4/h6-12H,5,19H2,1-4H3. The molecule has 0 spiro atoms. The van der Waals surface area contributed by atoms with Crippen LogP contribution in [-0.2, 0) is 12.0 Å². The third-order valence-electron chi connectivity index (χ3n) is 3.93. The van der Waals surface area contributed by atoms with E-state index in [0.717, 1.165) is 29.0 Å². The fraction of sp³-hybridized carbons (Fsp3) is 0.333. The maximum atomic E-state index is 6.62. The van der Waals surface area contributed by atoms with Crippen LogP contribution in [0, 0.1) is 0 Å². The largest absolute Gasteiger partial charge is 0.497 e. The molecule has 112 valence electrons. The number of aryl methyl sites for hydroxylation is 1. The number of nitrogens with two attached hydrogens (primary N) is 1. The van der Waals surface area contributed by atoms with Gasteiger partial charge in [-0.2, -0.15) is 0 Å². The van der Waals surface area contributed by atoms with Gasteiger partial charge in [0.25, 0.3) is 0 Å². The lowest BCUT2D eigenvalue weighted by Crippen LogP contribution is -2.34. The number of benzene rings is 2. The summed E-state index contributed by atoms with van der Waals surface area (Å²) >= 11 is 0. The van der Waals surface area contributed by atoms with Crippen LogP contribution in [0.5, 0.6) is 11.5 Å². The summed E-state index contributed by atoms with van der Waals surface area (Å²) in [6.07, 6.45) is 1.02. The minimum absolute atomic E-state index is 0.647. The molecule has 0 aliphatic rings. The summed E-state index contributed by atoms with van der Waals surface area (Å²) in [7, 11) is 3.30. The predicted octanol–water partition coefficient (Wildman–Crippen LogP) is 3.49. The fourth-order valence-electron chi connectivity index (χ4n) is 2.46. The second kappa shape index (κ2) is 6.19. The van der Waals surface area contributed by atoms with Crippen LogP contribution in [0.1, 0.15) is 30.5 Å². The van der Waals surface area contributed by atoms with E-state index in [2.05, 4.69) is 31.2 Å². The molecule has 0 aliphatic heterocycles. The van der Waals surface area contributed by atoms with Gasteiger partial charge in [0.05, 0.1) is 19.8 Å². The zero-order valence-electron chi connectivity index (χ0n) is 13.1. The molecule has 3 heteroatoms. The SMILES string of the molecule is CCc1ccc(C(C)(N)c2cc(OC)ccc2OC)cc1. The van der Waals surface area contributed by atoms with Gasteiger partial charge in [0.15, 0.2) is 0 Å². The minimum atomic E-state index is -0.647. The van der Waals surface area contributed by atoms with E-state index in [0.29, 0.717) is 0 Å². The monoisotopic (exact) mass is 285 g/mol. The average molecular weight is 285 g/mol. The van der Waals surface area contributed by atoms with Crippen molar-refractivity contribution in [3.63, 3.8) is 0 Å². The van der Waals surface area contributed by atoms with E-state index < -0.39 is 5.54 Å². The summed E-state index contributed by atoms with van der Waals surface area (Å²) in [4.78, 5) is 0. The van der Waals surface area contributed by atoms with E-state index in [1.165, 1.54) is 5.56 Å². The molecule has 1 unspecified atom stereocenters. The van der Waals surface area contributed by atoms with Crippen molar-refractivity contribution in [1.29, 1.82) is 0 Å². The van der Waals surface area contributed by atoms with Crippen molar-refractivity contribution in [2.75, 3.05) is 14.2 Å². The minimum Gasteiger partial charge on any atom is -0.497 e. The van der Waals surface area contributed by atoms with Crippen molar-refractivity contribution in [1.82, 2.24) is 0 Å². The van der Waals surface area contributed by atoms with Crippen molar-refractivity contribution in [3.8, 4) is 11.5 Å². The molecule has 2 rings (SSSR count). The van der Waals surface area contributed by atoms with Crippen molar-refractivity contribution >= 4 is 0 Å². The number of ether oxygens (including phenoxy) is 2. The summed E-state index contributed by atoms with van der Waals surface area (Å²) in [5.74, 6) is 1.54.